The summed E-state index contributed by atoms with van der Waals surface area (Å²) < 4.78 is 22.9. The van der Waals surface area contributed by atoms with Crippen LogP contribution in [0.5, 0.6) is 0 Å². The standard InChI is InChI=1S/C13H17NO3S/c1-10-5-3-4-6-12(10)13(15)14(2)11-7-8-18(16,17)9-11/h3-6,11H,7-9H2,1-2H3/t11-/m0/s1. The van der Waals surface area contributed by atoms with Crippen LogP contribution in [0.25, 0.3) is 0 Å². The molecule has 1 saturated heterocycles. The van der Waals surface area contributed by atoms with Crippen molar-refractivity contribution in [2.45, 2.75) is 19.4 Å². The zero-order valence-electron chi connectivity index (χ0n) is 10.6. The largest absolute Gasteiger partial charge is 0.338 e. The van der Waals surface area contributed by atoms with Crippen LogP contribution in [0.1, 0.15) is 22.3 Å². The van der Waals surface area contributed by atoms with Crippen LogP contribution in [0.2, 0.25) is 0 Å². The number of carbonyl (C=O) groups is 1. The van der Waals surface area contributed by atoms with Gasteiger partial charge in [-0.05, 0) is 25.0 Å². The van der Waals surface area contributed by atoms with Crippen LogP contribution in [-0.4, -0.2) is 43.8 Å². The van der Waals surface area contributed by atoms with Gasteiger partial charge in [0, 0.05) is 18.7 Å². The highest BCUT2D eigenvalue weighted by Gasteiger charge is 2.33. The minimum atomic E-state index is -2.96. The first kappa shape index (κ1) is 13.1. The number of nitrogens with zero attached hydrogens (tertiary/aromatic N) is 1. The van der Waals surface area contributed by atoms with E-state index in [2.05, 4.69) is 0 Å². The molecule has 1 aliphatic heterocycles. The number of benzene rings is 1. The molecule has 1 heterocycles. The predicted octanol–water partition coefficient (Wildman–Crippen LogP) is 1.25. The molecule has 4 nitrogen and oxygen atoms in total. The van der Waals surface area contributed by atoms with E-state index in [1.165, 1.54) is 0 Å². The second kappa shape index (κ2) is 4.72. The van der Waals surface area contributed by atoms with Gasteiger partial charge in [-0.15, -0.1) is 0 Å². The average Bonchev–Trinajstić information content (AvgIpc) is 2.68. The van der Waals surface area contributed by atoms with Crippen molar-refractivity contribution in [3.63, 3.8) is 0 Å². The summed E-state index contributed by atoms with van der Waals surface area (Å²) in [5, 5.41) is 0. The molecule has 1 aliphatic rings. The molecule has 5 heteroatoms. The first-order valence-electron chi connectivity index (χ1n) is 5.94. The third-order valence-electron chi connectivity index (χ3n) is 3.45. The molecule has 0 aliphatic carbocycles. The lowest BCUT2D eigenvalue weighted by Gasteiger charge is -2.24. The van der Waals surface area contributed by atoms with Crippen molar-refractivity contribution in [3.8, 4) is 0 Å². The molecule has 1 aromatic rings. The molecule has 0 saturated carbocycles. The van der Waals surface area contributed by atoms with Crippen LogP contribution >= 0.6 is 0 Å². The second-order valence-corrected chi connectivity index (χ2v) is 7.02. The van der Waals surface area contributed by atoms with Crippen LogP contribution in [0.3, 0.4) is 0 Å². The maximum Gasteiger partial charge on any atom is 0.254 e. The van der Waals surface area contributed by atoms with Crippen LogP contribution in [0.4, 0.5) is 0 Å². The van der Waals surface area contributed by atoms with Crippen molar-refractivity contribution in [3.05, 3.63) is 35.4 Å². The van der Waals surface area contributed by atoms with Crippen molar-refractivity contribution in [1.29, 1.82) is 0 Å². The van der Waals surface area contributed by atoms with Crippen molar-refractivity contribution in [1.82, 2.24) is 4.90 Å². The Kier molecular flexibility index (Phi) is 3.43. The van der Waals surface area contributed by atoms with Gasteiger partial charge in [-0.2, -0.15) is 0 Å². The third kappa shape index (κ3) is 2.56. The smallest absolute Gasteiger partial charge is 0.254 e. The quantitative estimate of drug-likeness (QED) is 0.810. The van der Waals surface area contributed by atoms with E-state index in [9.17, 15) is 13.2 Å². The highest BCUT2D eigenvalue weighted by atomic mass is 32.2. The van der Waals surface area contributed by atoms with E-state index in [0.29, 0.717) is 12.0 Å². The topological polar surface area (TPSA) is 54.5 Å². The Morgan fingerprint density at radius 1 is 1.33 bits per heavy atom. The summed E-state index contributed by atoms with van der Waals surface area (Å²) in [6, 6.07) is 7.16. The first-order chi connectivity index (χ1) is 8.41. The van der Waals surface area contributed by atoms with Gasteiger partial charge in [-0.1, -0.05) is 18.2 Å². The van der Waals surface area contributed by atoms with Crippen molar-refractivity contribution in [2.24, 2.45) is 0 Å². The molecule has 98 valence electrons. The van der Waals surface area contributed by atoms with Gasteiger partial charge in [0.25, 0.3) is 5.91 Å². The lowest BCUT2D eigenvalue weighted by Crippen LogP contribution is -2.38. The highest BCUT2D eigenvalue weighted by molar-refractivity contribution is 7.91. The Bertz CT molecular complexity index is 565. The number of amides is 1. The molecular weight excluding hydrogens is 250 g/mol. The maximum absolute atomic E-state index is 12.3. The fourth-order valence-corrected chi connectivity index (χ4v) is 4.02. The van der Waals surface area contributed by atoms with E-state index in [0.717, 1.165) is 5.56 Å². The lowest BCUT2D eigenvalue weighted by atomic mass is 10.1. The van der Waals surface area contributed by atoms with Gasteiger partial charge in [0.05, 0.1) is 11.5 Å². The third-order valence-corrected chi connectivity index (χ3v) is 5.20. The SMILES string of the molecule is Cc1ccccc1C(=O)N(C)[C@H]1CCS(=O)(=O)C1. The molecule has 0 spiro atoms. The fourth-order valence-electron chi connectivity index (χ4n) is 2.25. The minimum Gasteiger partial charge on any atom is -0.338 e. The van der Waals surface area contributed by atoms with E-state index in [1.807, 2.05) is 25.1 Å². The number of rotatable bonds is 2. The van der Waals surface area contributed by atoms with Gasteiger partial charge in [-0.25, -0.2) is 8.42 Å². The summed E-state index contributed by atoms with van der Waals surface area (Å²) >= 11 is 0. The Morgan fingerprint density at radius 2 is 2.00 bits per heavy atom. The zero-order chi connectivity index (χ0) is 13.3. The predicted molar refractivity (Wildman–Crippen MR) is 70.3 cm³/mol. The minimum absolute atomic E-state index is 0.0844. The molecule has 0 N–H and O–H groups in total. The van der Waals surface area contributed by atoms with Crippen LogP contribution in [-0.2, 0) is 9.84 Å². The van der Waals surface area contributed by atoms with Gasteiger partial charge in [0.2, 0.25) is 0 Å². The van der Waals surface area contributed by atoms with Crippen molar-refractivity contribution < 1.29 is 13.2 Å². The number of sulfone groups is 1. The Labute approximate surface area is 108 Å². The molecular formula is C13H17NO3S. The Hall–Kier alpha value is -1.36. The molecule has 0 unspecified atom stereocenters. The van der Waals surface area contributed by atoms with Crippen LogP contribution < -0.4 is 0 Å². The molecule has 1 atom stereocenters. The van der Waals surface area contributed by atoms with Gasteiger partial charge >= 0.3 is 0 Å². The summed E-state index contributed by atoms with van der Waals surface area (Å²) in [7, 11) is -1.28. The van der Waals surface area contributed by atoms with E-state index in [-0.39, 0.29) is 23.5 Å². The van der Waals surface area contributed by atoms with Crippen LogP contribution in [0, 0.1) is 6.92 Å². The normalized spacial score (nSPS) is 21.8. The van der Waals surface area contributed by atoms with Crippen LogP contribution in [0.15, 0.2) is 24.3 Å². The first-order valence-corrected chi connectivity index (χ1v) is 7.76. The molecule has 2 rings (SSSR count). The lowest BCUT2D eigenvalue weighted by molar-refractivity contribution is 0.0747. The van der Waals surface area contributed by atoms with Gasteiger partial charge in [-0.3, -0.25) is 4.79 Å². The number of carbonyl (C=O) groups excluding carboxylic acids is 1. The van der Waals surface area contributed by atoms with Gasteiger partial charge in [0.15, 0.2) is 9.84 Å². The van der Waals surface area contributed by atoms with Gasteiger partial charge in [0.1, 0.15) is 0 Å². The maximum atomic E-state index is 12.3. The monoisotopic (exact) mass is 267 g/mol. The summed E-state index contributed by atoms with van der Waals surface area (Å²) in [5.41, 5.74) is 1.56. The highest BCUT2D eigenvalue weighted by Crippen LogP contribution is 2.19. The van der Waals surface area contributed by atoms with E-state index < -0.39 is 9.84 Å². The summed E-state index contributed by atoms with van der Waals surface area (Å²) in [6.45, 7) is 1.88. The zero-order valence-corrected chi connectivity index (χ0v) is 11.4. The average molecular weight is 267 g/mol. The van der Waals surface area contributed by atoms with E-state index in [4.69, 9.17) is 0 Å². The molecule has 1 amide bonds. The molecule has 1 aromatic carbocycles. The Balaban J connectivity index is 2.18. The number of hydrogen-bond donors (Lipinski definition) is 0. The molecule has 1 fully saturated rings. The van der Waals surface area contributed by atoms with Crippen molar-refractivity contribution in [2.75, 3.05) is 18.6 Å². The molecule has 18 heavy (non-hydrogen) atoms. The number of aryl methyl sites for hydroxylation is 1. The molecule has 0 aromatic heterocycles. The molecule has 0 radical (unpaired) electrons. The summed E-state index contributed by atoms with van der Waals surface area (Å²) in [4.78, 5) is 13.9. The van der Waals surface area contributed by atoms with E-state index >= 15 is 0 Å². The fraction of sp³-hybridized carbons (Fsp3) is 0.462. The molecule has 0 bridgehead atoms. The second-order valence-electron chi connectivity index (χ2n) is 4.79. The van der Waals surface area contributed by atoms with Crippen molar-refractivity contribution >= 4 is 15.7 Å². The Morgan fingerprint density at radius 3 is 2.56 bits per heavy atom. The van der Waals surface area contributed by atoms with Gasteiger partial charge < -0.3 is 4.90 Å². The van der Waals surface area contributed by atoms with E-state index in [1.54, 1.807) is 18.0 Å². The summed E-state index contributed by atoms with van der Waals surface area (Å²) in [6.07, 6.45) is 0.538. The summed E-state index contributed by atoms with van der Waals surface area (Å²) in [5.74, 6) is 0.166. The number of hydrogen-bond acceptors (Lipinski definition) is 3.